The molecule has 8 nitrogen and oxygen atoms in total. The number of carboxylic acids is 1. The number of rotatable bonds is 5. The van der Waals surface area contributed by atoms with Gasteiger partial charge in [0.05, 0.1) is 34.9 Å². The Hall–Kier alpha value is -3.54. The van der Waals surface area contributed by atoms with Gasteiger partial charge in [0.25, 0.3) is 5.91 Å². The molecule has 2 aliphatic rings. The average Bonchev–Trinajstić information content (AvgIpc) is 2.92. The molecule has 1 saturated heterocycles. The largest absolute Gasteiger partial charge is 0.481 e. The quantitative estimate of drug-likeness (QED) is 0.645. The van der Waals surface area contributed by atoms with E-state index in [-0.39, 0.29) is 53.9 Å². The smallest absolute Gasteiger partial charge is 0.416 e. The highest BCUT2D eigenvalue weighted by molar-refractivity contribution is 8.00. The van der Waals surface area contributed by atoms with Crippen LogP contribution in [0, 0.1) is 0 Å². The van der Waals surface area contributed by atoms with Gasteiger partial charge in [0.1, 0.15) is 6.04 Å². The highest BCUT2D eigenvalue weighted by Crippen LogP contribution is 2.34. The van der Waals surface area contributed by atoms with Crippen molar-refractivity contribution in [3.05, 3.63) is 53.6 Å². The summed E-state index contributed by atoms with van der Waals surface area (Å²) in [6, 6.07) is 8.26. The SMILES string of the molecule is O=C(O)CSCC(=O)N1CCN2C(=O)c3cc(-c4cccc(C(F)(F)F)c4)ccc3NC(=O)[C@@H]2C1. The van der Waals surface area contributed by atoms with Gasteiger partial charge in [0, 0.05) is 13.1 Å². The summed E-state index contributed by atoms with van der Waals surface area (Å²) >= 11 is 0.947. The molecule has 184 valence electrons. The third-order valence-corrected chi connectivity index (χ3v) is 6.68. The van der Waals surface area contributed by atoms with Crippen molar-refractivity contribution in [3.63, 3.8) is 0 Å². The number of carbonyl (C=O) groups is 4. The van der Waals surface area contributed by atoms with Crippen LogP contribution < -0.4 is 5.32 Å². The van der Waals surface area contributed by atoms with Crippen molar-refractivity contribution in [3.8, 4) is 11.1 Å². The fourth-order valence-corrected chi connectivity index (χ4v) is 4.68. The second kappa shape index (κ2) is 9.61. The molecule has 2 aromatic carbocycles. The number of anilines is 1. The van der Waals surface area contributed by atoms with Crippen molar-refractivity contribution in [2.24, 2.45) is 0 Å². The predicted octanol–water partition coefficient (Wildman–Crippen LogP) is 2.80. The van der Waals surface area contributed by atoms with Crippen molar-refractivity contribution in [1.29, 1.82) is 0 Å². The molecular formula is C23H20F3N3O5S. The van der Waals surface area contributed by atoms with Crippen LogP contribution in [-0.2, 0) is 20.6 Å². The number of alkyl halides is 3. The number of thioether (sulfide) groups is 1. The van der Waals surface area contributed by atoms with Crippen molar-refractivity contribution in [2.75, 3.05) is 36.5 Å². The molecule has 1 atom stereocenters. The summed E-state index contributed by atoms with van der Waals surface area (Å²) in [7, 11) is 0. The van der Waals surface area contributed by atoms with E-state index in [4.69, 9.17) is 5.11 Å². The molecule has 2 aromatic rings. The summed E-state index contributed by atoms with van der Waals surface area (Å²) in [6.07, 6.45) is -4.51. The molecule has 4 rings (SSSR count). The maximum Gasteiger partial charge on any atom is 0.416 e. The summed E-state index contributed by atoms with van der Waals surface area (Å²) in [5.74, 6) is -2.61. The number of benzene rings is 2. The van der Waals surface area contributed by atoms with Crippen LogP contribution in [0.25, 0.3) is 11.1 Å². The zero-order valence-corrected chi connectivity index (χ0v) is 19.0. The molecule has 0 radical (unpaired) electrons. The summed E-state index contributed by atoms with van der Waals surface area (Å²) in [5.41, 5.74) is 0.233. The molecule has 0 spiro atoms. The van der Waals surface area contributed by atoms with Gasteiger partial charge in [-0.15, -0.1) is 11.8 Å². The normalized spacial score (nSPS) is 17.9. The zero-order chi connectivity index (χ0) is 25.3. The molecule has 35 heavy (non-hydrogen) atoms. The number of fused-ring (bicyclic) bond motifs is 2. The number of hydrogen-bond acceptors (Lipinski definition) is 5. The van der Waals surface area contributed by atoms with Crippen molar-refractivity contribution in [1.82, 2.24) is 9.80 Å². The van der Waals surface area contributed by atoms with Crippen molar-refractivity contribution < 1.29 is 37.5 Å². The minimum atomic E-state index is -4.51. The number of hydrogen-bond donors (Lipinski definition) is 2. The summed E-state index contributed by atoms with van der Waals surface area (Å²) < 4.78 is 39.4. The minimum absolute atomic E-state index is 0.0431. The molecule has 2 N–H and O–H groups in total. The molecule has 0 aliphatic carbocycles. The first kappa shape index (κ1) is 24.6. The van der Waals surface area contributed by atoms with Gasteiger partial charge in [0.15, 0.2) is 0 Å². The number of halogens is 3. The second-order valence-electron chi connectivity index (χ2n) is 8.07. The van der Waals surface area contributed by atoms with Gasteiger partial charge in [-0.05, 0) is 35.4 Å². The molecule has 0 aromatic heterocycles. The highest BCUT2D eigenvalue weighted by Gasteiger charge is 2.40. The summed E-state index contributed by atoms with van der Waals surface area (Å²) in [5, 5.41) is 11.4. The van der Waals surface area contributed by atoms with Crippen molar-refractivity contribution in [2.45, 2.75) is 12.2 Å². The van der Waals surface area contributed by atoms with Gasteiger partial charge >= 0.3 is 12.1 Å². The van der Waals surface area contributed by atoms with Gasteiger partial charge in [-0.1, -0.05) is 18.2 Å². The first-order chi connectivity index (χ1) is 16.5. The topological polar surface area (TPSA) is 107 Å². The zero-order valence-electron chi connectivity index (χ0n) is 18.2. The second-order valence-corrected chi connectivity index (χ2v) is 9.05. The number of nitrogens with zero attached hydrogens (tertiary/aromatic N) is 2. The van der Waals surface area contributed by atoms with Crippen LogP contribution in [0.1, 0.15) is 15.9 Å². The molecule has 2 aliphatic heterocycles. The van der Waals surface area contributed by atoms with E-state index in [1.54, 1.807) is 0 Å². The van der Waals surface area contributed by atoms with Gasteiger partial charge in [-0.3, -0.25) is 19.2 Å². The lowest BCUT2D eigenvalue weighted by atomic mass is 9.99. The van der Waals surface area contributed by atoms with E-state index in [1.165, 1.54) is 40.1 Å². The van der Waals surface area contributed by atoms with Crippen LogP contribution in [0.3, 0.4) is 0 Å². The minimum Gasteiger partial charge on any atom is -0.481 e. The molecule has 2 heterocycles. The Morgan fingerprint density at radius 2 is 1.80 bits per heavy atom. The Morgan fingerprint density at radius 1 is 1.06 bits per heavy atom. The predicted molar refractivity (Wildman–Crippen MR) is 122 cm³/mol. The fraction of sp³-hybridized carbons (Fsp3) is 0.304. The molecule has 0 saturated carbocycles. The van der Waals surface area contributed by atoms with E-state index in [0.717, 1.165) is 23.9 Å². The van der Waals surface area contributed by atoms with Crippen LogP contribution in [0.15, 0.2) is 42.5 Å². The maximum absolute atomic E-state index is 13.3. The van der Waals surface area contributed by atoms with E-state index in [9.17, 15) is 32.3 Å². The number of carbonyl (C=O) groups excluding carboxylic acids is 3. The van der Waals surface area contributed by atoms with E-state index in [2.05, 4.69) is 5.32 Å². The first-order valence-electron chi connectivity index (χ1n) is 10.6. The lowest BCUT2D eigenvalue weighted by Crippen LogP contribution is -2.59. The van der Waals surface area contributed by atoms with Gasteiger partial charge in [-0.25, -0.2) is 0 Å². The average molecular weight is 507 g/mol. The van der Waals surface area contributed by atoms with Crippen LogP contribution in [0.5, 0.6) is 0 Å². The van der Waals surface area contributed by atoms with Crippen LogP contribution in [0.4, 0.5) is 18.9 Å². The monoisotopic (exact) mass is 507 g/mol. The van der Waals surface area contributed by atoms with Crippen LogP contribution >= 0.6 is 11.8 Å². The number of nitrogens with one attached hydrogen (secondary N) is 1. The highest BCUT2D eigenvalue weighted by atomic mass is 32.2. The number of carboxylic acid groups (broad SMARTS) is 1. The van der Waals surface area contributed by atoms with Gasteiger partial charge < -0.3 is 20.2 Å². The molecule has 0 unspecified atom stereocenters. The van der Waals surface area contributed by atoms with E-state index in [1.807, 2.05) is 0 Å². The summed E-state index contributed by atoms with van der Waals surface area (Å²) in [6.45, 7) is 0.211. The van der Waals surface area contributed by atoms with Gasteiger partial charge in [0.2, 0.25) is 11.8 Å². The standard InChI is InChI=1S/C23H20F3N3O5S/c24-23(25,26)15-3-1-2-13(8-15)14-4-5-17-16(9-14)22(34)29-7-6-28(10-18(29)21(33)27-17)19(30)11-35-12-20(31)32/h1-5,8-9,18H,6-7,10-12H2,(H,27,33)(H,31,32)/t18-/m0/s1. The first-order valence-corrected chi connectivity index (χ1v) is 11.7. The van der Waals surface area contributed by atoms with E-state index < -0.39 is 35.6 Å². The van der Waals surface area contributed by atoms with Crippen LogP contribution in [0.2, 0.25) is 0 Å². The van der Waals surface area contributed by atoms with E-state index >= 15 is 0 Å². The Bertz CT molecular complexity index is 1200. The maximum atomic E-state index is 13.3. The number of amides is 3. The van der Waals surface area contributed by atoms with E-state index in [0.29, 0.717) is 5.56 Å². The molecule has 3 amide bonds. The Balaban J connectivity index is 1.56. The lowest BCUT2D eigenvalue weighted by molar-refractivity contribution is -0.137. The Labute approximate surface area is 202 Å². The van der Waals surface area contributed by atoms with Crippen molar-refractivity contribution >= 4 is 41.1 Å². The summed E-state index contributed by atoms with van der Waals surface area (Å²) in [4.78, 5) is 52.1. The Kier molecular flexibility index (Phi) is 6.75. The molecule has 0 bridgehead atoms. The van der Waals surface area contributed by atoms with Gasteiger partial charge in [-0.2, -0.15) is 13.2 Å². The van der Waals surface area contributed by atoms with Crippen LogP contribution in [-0.4, -0.2) is 75.8 Å². The fourth-order valence-electron chi connectivity index (χ4n) is 4.05. The lowest BCUT2D eigenvalue weighted by Gasteiger charge is -2.39. The Morgan fingerprint density at radius 3 is 2.51 bits per heavy atom. The third kappa shape index (κ3) is 5.26. The third-order valence-electron chi connectivity index (χ3n) is 5.78. The molecule has 1 fully saturated rings. The number of aliphatic carboxylic acids is 1. The molecular weight excluding hydrogens is 487 g/mol. The number of piperazine rings is 1. The molecule has 12 heteroatoms.